The molecule has 0 radical (unpaired) electrons. The van der Waals surface area contributed by atoms with E-state index in [1.165, 1.54) is 18.6 Å². The minimum atomic E-state index is -4.92. The Balaban J connectivity index is 1.62. The molecule has 1 aliphatic carbocycles. The molecule has 2 atom stereocenters. The van der Waals surface area contributed by atoms with E-state index in [4.69, 9.17) is 4.98 Å². The summed E-state index contributed by atoms with van der Waals surface area (Å²) in [4.78, 5) is 15.9. The molecule has 2 aromatic carbocycles. The van der Waals surface area contributed by atoms with Crippen molar-refractivity contribution in [3.63, 3.8) is 0 Å². The number of anilines is 3. The van der Waals surface area contributed by atoms with Crippen molar-refractivity contribution in [2.75, 3.05) is 10.6 Å². The lowest BCUT2D eigenvalue weighted by Crippen LogP contribution is -2.30. The van der Waals surface area contributed by atoms with Gasteiger partial charge in [0, 0.05) is 17.4 Å². The Morgan fingerprint density at radius 3 is 2.38 bits per heavy atom. The van der Waals surface area contributed by atoms with Gasteiger partial charge in [0.05, 0.1) is 11.0 Å². The number of nitrogens with one attached hydrogen (secondary N) is 2. The van der Waals surface area contributed by atoms with Gasteiger partial charge >= 0.3 is 12.1 Å². The number of carbonyl (C=O) groups is 1. The molecule has 4 rings (SSSR count). The molecule has 1 amide bonds. The van der Waals surface area contributed by atoms with Crippen molar-refractivity contribution < 1.29 is 18.0 Å². The molecule has 8 heteroatoms. The molecule has 0 bridgehead atoms. The summed E-state index contributed by atoms with van der Waals surface area (Å²) >= 11 is 0. The van der Waals surface area contributed by atoms with Gasteiger partial charge in [-0.2, -0.15) is 13.2 Å². The Morgan fingerprint density at radius 2 is 1.72 bits per heavy atom. The van der Waals surface area contributed by atoms with Gasteiger partial charge in [0.2, 0.25) is 5.95 Å². The quantitative estimate of drug-likeness (QED) is 0.473. The van der Waals surface area contributed by atoms with Crippen molar-refractivity contribution in [3.8, 4) is 0 Å². The fourth-order valence-electron chi connectivity index (χ4n) is 4.96. The summed E-state index contributed by atoms with van der Waals surface area (Å²) in [7, 11) is 0. The predicted octanol–water partition coefficient (Wildman–Crippen LogP) is 6.67. The molecule has 1 saturated carbocycles. The molecular formula is C24H27F3N4O. The van der Waals surface area contributed by atoms with Crippen LogP contribution >= 0.6 is 0 Å². The fraction of sp³-hybridized carbons (Fsp3) is 0.417. The maximum Gasteiger partial charge on any atom is 0.471 e. The van der Waals surface area contributed by atoms with Crippen LogP contribution in [-0.4, -0.2) is 21.6 Å². The zero-order chi connectivity index (χ0) is 23.1. The van der Waals surface area contributed by atoms with E-state index >= 15 is 0 Å². The summed E-state index contributed by atoms with van der Waals surface area (Å²) < 4.78 is 39.7. The van der Waals surface area contributed by atoms with E-state index in [1.54, 1.807) is 12.1 Å². The average Bonchev–Trinajstić information content (AvgIpc) is 3.05. The highest BCUT2D eigenvalue weighted by atomic mass is 19.4. The highest BCUT2D eigenvalue weighted by molar-refractivity contribution is 5.95. The minimum Gasteiger partial charge on any atom is -0.326 e. The van der Waals surface area contributed by atoms with Crippen LogP contribution in [0.4, 0.5) is 30.5 Å². The second-order valence-corrected chi connectivity index (χ2v) is 9.52. The number of imidazole rings is 1. The number of halogens is 3. The molecule has 5 nitrogen and oxygen atoms in total. The van der Waals surface area contributed by atoms with Crippen LogP contribution in [-0.2, 0) is 4.79 Å². The molecule has 2 N–H and O–H groups in total. The molecule has 0 spiro atoms. The number of alkyl halides is 3. The number of amides is 1. The van der Waals surface area contributed by atoms with Crippen molar-refractivity contribution in [1.29, 1.82) is 0 Å². The number of carbonyl (C=O) groups excluding carboxylic acids is 1. The van der Waals surface area contributed by atoms with Crippen molar-refractivity contribution >= 4 is 34.3 Å². The first-order valence-electron chi connectivity index (χ1n) is 10.7. The van der Waals surface area contributed by atoms with E-state index in [1.807, 2.05) is 23.5 Å². The summed E-state index contributed by atoms with van der Waals surface area (Å²) in [6.07, 6.45) is -1.65. The second kappa shape index (κ2) is 8.15. The molecule has 0 saturated heterocycles. The van der Waals surface area contributed by atoms with E-state index in [9.17, 15) is 18.0 Å². The van der Waals surface area contributed by atoms with Gasteiger partial charge in [-0.05, 0) is 67.0 Å². The predicted molar refractivity (Wildman–Crippen MR) is 120 cm³/mol. The third kappa shape index (κ3) is 4.74. The summed E-state index contributed by atoms with van der Waals surface area (Å²) in [5.74, 6) is -0.698. The van der Waals surface area contributed by atoms with Crippen LogP contribution < -0.4 is 10.6 Å². The number of fused-ring (bicyclic) bond motifs is 1. The zero-order valence-corrected chi connectivity index (χ0v) is 18.3. The van der Waals surface area contributed by atoms with Gasteiger partial charge in [-0.25, -0.2) is 4.98 Å². The summed E-state index contributed by atoms with van der Waals surface area (Å²) in [5, 5.41) is 5.19. The van der Waals surface area contributed by atoms with Gasteiger partial charge in [-0.15, -0.1) is 0 Å². The highest BCUT2D eigenvalue weighted by Gasteiger charge is 2.38. The first-order valence-corrected chi connectivity index (χ1v) is 10.7. The molecule has 1 aliphatic rings. The maximum atomic E-state index is 12.5. The van der Waals surface area contributed by atoms with Crippen LogP contribution in [0.2, 0.25) is 0 Å². The lowest BCUT2D eigenvalue weighted by atomic mass is 9.70. The van der Waals surface area contributed by atoms with Gasteiger partial charge in [0.15, 0.2) is 0 Å². The van der Waals surface area contributed by atoms with Gasteiger partial charge in [0.1, 0.15) is 0 Å². The fourth-order valence-corrected chi connectivity index (χ4v) is 4.96. The molecule has 170 valence electrons. The van der Waals surface area contributed by atoms with Crippen LogP contribution in [0.25, 0.3) is 11.0 Å². The smallest absolute Gasteiger partial charge is 0.326 e. The van der Waals surface area contributed by atoms with Gasteiger partial charge in [0.25, 0.3) is 0 Å². The van der Waals surface area contributed by atoms with Crippen molar-refractivity contribution in [3.05, 3.63) is 48.5 Å². The zero-order valence-electron chi connectivity index (χ0n) is 18.3. The maximum absolute atomic E-state index is 12.5. The van der Waals surface area contributed by atoms with Crippen molar-refractivity contribution in [2.24, 2.45) is 11.3 Å². The topological polar surface area (TPSA) is 59.0 Å². The van der Waals surface area contributed by atoms with Gasteiger partial charge < -0.3 is 15.2 Å². The van der Waals surface area contributed by atoms with E-state index in [2.05, 4.69) is 36.7 Å². The monoisotopic (exact) mass is 444 g/mol. The van der Waals surface area contributed by atoms with Crippen molar-refractivity contribution in [1.82, 2.24) is 9.55 Å². The molecular weight excluding hydrogens is 417 g/mol. The van der Waals surface area contributed by atoms with Gasteiger partial charge in [-0.1, -0.05) is 32.9 Å². The van der Waals surface area contributed by atoms with Crippen LogP contribution in [0.15, 0.2) is 48.5 Å². The number of nitrogens with zero attached hydrogens (tertiary/aromatic N) is 2. The molecule has 1 unspecified atom stereocenters. The van der Waals surface area contributed by atoms with Gasteiger partial charge in [-0.3, -0.25) is 4.79 Å². The SMILES string of the molecule is CC1C[C@H](n2c(Nc3ccc(NC(=O)C(F)(F)F)cc3)nc3ccccc32)CC(C)(C)C1. The van der Waals surface area contributed by atoms with E-state index in [0.717, 1.165) is 23.9 Å². The summed E-state index contributed by atoms with van der Waals surface area (Å²) in [6.45, 7) is 6.89. The molecule has 0 aliphatic heterocycles. The molecule has 1 fully saturated rings. The standard InChI is InChI=1S/C24H27F3N4O/c1-15-12-18(14-23(2,3)13-15)31-20-7-5-4-6-19(20)30-22(31)29-17-10-8-16(9-11-17)28-21(32)24(25,26)27/h4-11,15,18H,12-14H2,1-3H3,(H,28,32)(H,29,30)/t15?,18-/m0/s1. The highest BCUT2D eigenvalue weighted by Crippen LogP contribution is 2.46. The van der Waals surface area contributed by atoms with Crippen LogP contribution in [0.3, 0.4) is 0 Å². The van der Waals surface area contributed by atoms with E-state index in [-0.39, 0.29) is 17.1 Å². The average molecular weight is 445 g/mol. The third-order valence-corrected chi connectivity index (χ3v) is 5.98. The lowest BCUT2D eigenvalue weighted by Gasteiger charge is -2.40. The Morgan fingerprint density at radius 1 is 1.06 bits per heavy atom. The van der Waals surface area contributed by atoms with Crippen LogP contribution in [0, 0.1) is 11.3 Å². The van der Waals surface area contributed by atoms with E-state index < -0.39 is 12.1 Å². The lowest BCUT2D eigenvalue weighted by molar-refractivity contribution is -0.167. The Bertz CT molecular complexity index is 1120. The largest absolute Gasteiger partial charge is 0.471 e. The molecule has 1 aromatic heterocycles. The molecule has 32 heavy (non-hydrogen) atoms. The van der Waals surface area contributed by atoms with Crippen LogP contribution in [0.1, 0.15) is 46.1 Å². The van der Waals surface area contributed by atoms with Crippen LogP contribution in [0.5, 0.6) is 0 Å². The third-order valence-electron chi connectivity index (χ3n) is 5.98. The number of para-hydroxylation sites is 2. The number of benzene rings is 2. The minimum absolute atomic E-state index is 0.0780. The molecule has 3 aromatic rings. The summed E-state index contributed by atoms with van der Waals surface area (Å²) in [5.41, 5.74) is 2.92. The Labute approximate surface area is 185 Å². The number of hydrogen-bond acceptors (Lipinski definition) is 3. The normalized spacial score (nSPS) is 20.8. The van der Waals surface area contributed by atoms with Crippen molar-refractivity contribution in [2.45, 2.75) is 52.3 Å². The molecule has 1 heterocycles. The Hall–Kier alpha value is -3.03. The Kier molecular flexibility index (Phi) is 5.65. The van der Waals surface area contributed by atoms with E-state index in [0.29, 0.717) is 17.6 Å². The second-order valence-electron chi connectivity index (χ2n) is 9.52. The number of aromatic nitrogens is 2. The summed E-state index contributed by atoms with van der Waals surface area (Å²) in [6, 6.07) is 14.4. The number of hydrogen-bond donors (Lipinski definition) is 2. The first kappa shape index (κ1) is 22.2. The number of rotatable bonds is 4. The first-order chi connectivity index (χ1) is 15.0.